The highest BCUT2D eigenvalue weighted by atomic mass is 35.5. The van der Waals surface area contributed by atoms with E-state index >= 15 is 0 Å². The van der Waals surface area contributed by atoms with Gasteiger partial charge in [-0.25, -0.2) is 15.0 Å². The van der Waals surface area contributed by atoms with E-state index in [4.69, 9.17) is 16.3 Å². The average molecular weight is 369 g/mol. The highest BCUT2D eigenvalue weighted by Gasteiger charge is 2.05. The summed E-state index contributed by atoms with van der Waals surface area (Å²) in [6.45, 7) is 4.92. The number of anilines is 1. The molecule has 0 aliphatic carbocycles. The molecule has 5 nitrogen and oxygen atoms in total. The average Bonchev–Trinajstić information content (AvgIpc) is 2.66. The standard InChI is InChI=1S/C20H21ClN4O/c1-3-18-14(2)20(25-13-24-18)22-11-10-15-4-9-19(23-12-15)26-17-7-5-16(21)6-8-17/h4-9,12-13H,3,10-11H2,1-2H3,(H,22,24,25). The van der Waals surface area contributed by atoms with Crippen LogP contribution < -0.4 is 10.1 Å². The fourth-order valence-corrected chi connectivity index (χ4v) is 2.72. The van der Waals surface area contributed by atoms with Crippen molar-refractivity contribution in [2.45, 2.75) is 26.7 Å². The van der Waals surface area contributed by atoms with Crippen LogP contribution in [0.5, 0.6) is 11.6 Å². The van der Waals surface area contributed by atoms with Crippen LogP contribution in [-0.4, -0.2) is 21.5 Å². The van der Waals surface area contributed by atoms with Gasteiger partial charge in [-0.3, -0.25) is 0 Å². The molecule has 0 saturated heterocycles. The molecule has 0 radical (unpaired) electrons. The monoisotopic (exact) mass is 368 g/mol. The lowest BCUT2D eigenvalue weighted by atomic mass is 10.2. The Labute approximate surface area is 158 Å². The first-order chi connectivity index (χ1) is 12.7. The van der Waals surface area contributed by atoms with Gasteiger partial charge in [0.1, 0.15) is 17.9 Å². The molecular formula is C20H21ClN4O. The van der Waals surface area contributed by atoms with E-state index in [1.165, 1.54) is 0 Å². The summed E-state index contributed by atoms with van der Waals surface area (Å²) in [6, 6.07) is 11.1. The summed E-state index contributed by atoms with van der Waals surface area (Å²) < 4.78 is 5.70. The molecule has 0 aliphatic rings. The zero-order valence-electron chi connectivity index (χ0n) is 14.9. The maximum Gasteiger partial charge on any atom is 0.219 e. The molecule has 26 heavy (non-hydrogen) atoms. The van der Waals surface area contributed by atoms with E-state index < -0.39 is 0 Å². The number of nitrogens with zero attached hydrogens (tertiary/aromatic N) is 3. The van der Waals surface area contributed by atoms with E-state index in [-0.39, 0.29) is 0 Å². The number of pyridine rings is 1. The molecule has 0 aliphatic heterocycles. The molecule has 1 N–H and O–H groups in total. The highest BCUT2D eigenvalue weighted by molar-refractivity contribution is 6.30. The number of hydrogen-bond acceptors (Lipinski definition) is 5. The van der Waals surface area contributed by atoms with Crippen LogP contribution >= 0.6 is 11.6 Å². The number of nitrogens with one attached hydrogen (secondary N) is 1. The highest BCUT2D eigenvalue weighted by Crippen LogP contribution is 2.21. The van der Waals surface area contributed by atoms with Crippen molar-refractivity contribution in [2.24, 2.45) is 0 Å². The summed E-state index contributed by atoms with van der Waals surface area (Å²) in [5.74, 6) is 2.16. The second-order valence-electron chi connectivity index (χ2n) is 5.88. The Morgan fingerprint density at radius 3 is 2.54 bits per heavy atom. The van der Waals surface area contributed by atoms with Crippen LogP contribution in [0.25, 0.3) is 0 Å². The summed E-state index contributed by atoms with van der Waals surface area (Å²) in [5, 5.41) is 4.05. The van der Waals surface area contributed by atoms with Crippen molar-refractivity contribution in [1.29, 1.82) is 0 Å². The third kappa shape index (κ3) is 4.70. The lowest BCUT2D eigenvalue weighted by Gasteiger charge is -2.10. The number of hydrogen-bond donors (Lipinski definition) is 1. The number of ether oxygens (including phenoxy) is 1. The molecule has 0 unspecified atom stereocenters. The number of aryl methyl sites for hydroxylation is 1. The molecule has 0 saturated carbocycles. The van der Waals surface area contributed by atoms with Crippen LogP contribution in [0.3, 0.4) is 0 Å². The van der Waals surface area contributed by atoms with Gasteiger partial charge in [-0.2, -0.15) is 0 Å². The van der Waals surface area contributed by atoms with Crippen molar-refractivity contribution in [3.8, 4) is 11.6 Å². The Morgan fingerprint density at radius 2 is 1.85 bits per heavy atom. The Hall–Kier alpha value is -2.66. The molecule has 0 amide bonds. The van der Waals surface area contributed by atoms with Crippen molar-refractivity contribution >= 4 is 17.4 Å². The van der Waals surface area contributed by atoms with Gasteiger partial charge in [-0.05, 0) is 49.6 Å². The van der Waals surface area contributed by atoms with E-state index in [2.05, 4.69) is 27.2 Å². The fraction of sp³-hybridized carbons (Fsp3) is 0.250. The minimum Gasteiger partial charge on any atom is -0.439 e. The smallest absolute Gasteiger partial charge is 0.219 e. The van der Waals surface area contributed by atoms with Gasteiger partial charge in [0.05, 0.1) is 0 Å². The van der Waals surface area contributed by atoms with Gasteiger partial charge in [0.15, 0.2) is 0 Å². The maximum atomic E-state index is 5.87. The van der Waals surface area contributed by atoms with Crippen LogP contribution in [0, 0.1) is 6.92 Å². The third-order valence-corrected chi connectivity index (χ3v) is 4.32. The lowest BCUT2D eigenvalue weighted by Crippen LogP contribution is -2.09. The summed E-state index contributed by atoms with van der Waals surface area (Å²) in [4.78, 5) is 13.0. The molecule has 6 heteroatoms. The molecule has 0 fully saturated rings. The van der Waals surface area contributed by atoms with E-state index in [0.29, 0.717) is 16.7 Å². The van der Waals surface area contributed by atoms with Crippen molar-refractivity contribution in [3.63, 3.8) is 0 Å². The van der Waals surface area contributed by atoms with E-state index in [1.54, 1.807) is 18.5 Å². The van der Waals surface area contributed by atoms with E-state index in [0.717, 1.165) is 42.0 Å². The summed E-state index contributed by atoms with van der Waals surface area (Å²) in [6.07, 6.45) is 5.19. The Balaban J connectivity index is 1.54. The second kappa shape index (κ2) is 8.63. The first kappa shape index (κ1) is 18.1. The SMILES string of the molecule is CCc1ncnc(NCCc2ccc(Oc3ccc(Cl)cc3)nc2)c1C. The van der Waals surface area contributed by atoms with Gasteiger partial charge >= 0.3 is 0 Å². The van der Waals surface area contributed by atoms with Gasteiger partial charge in [0, 0.05) is 35.1 Å². The molecule has 2 aromatic heterocycles. The van der Waals surface area contributed by atoms with Crippen LogP contribution in [0.15, 0.2) is 48.9 Å². The molecule has 3 rings (SSSR count). The summed E-state index contributed by atoms with van der Waals surface area (Å²) in [5.41, 5.74) is 3.32. The minimum absolute atomic E-state index is 0.559. The first-order valence-corrected chi connectivity index (χ1v) is 8.96. The molecule has 0 atom stereocenters. The second-order valence-corrected chi connectivity index (χ2v) is 6.32. The van der Waals surface area contributed by atoms with Crippen LogP contribution in [-0.2, 0) is 12.8 Å². The third-order valence-electron chi connectivity index (χ3n) is 4.06. The van der Waals surface area contributed by atoms with Crippen molar-refractivity contribution in [2.75, 3.05) is 11.9 Å². The quantitative estimate of drug-likeness (QED) is 0.646. The van der Waals surface area contributed by atoms with Crippen molar-refractivity contribution < 1.29 is 4.74 Å². The topological polar surface area (TPSA) is 59.9 Å². The Kier molecular flexibility index (Phi) is 6.02. The van der Waals surface area contributed by atoms with Gasteiger partial charge in [0.25, 0.3) is 0 Å². The molecule has 2 heterocycles. The van der Waals surface area contributed by atoms with Crippen LogP contribution in [0.2, 0.25) is 5.02 Å². The number of aromatic nitrogens is 3. The summed E-state index contributed by atoms with van der Waals surface area (Å²) in [7, 11) is 0. The van der Waals surface area contributed by atoms with Gasteiger partial charge in [0.2, 0.25) is 5.88 Å². The zero-order valence-corrected chi connectivity index (χ0v) is 15.6. The largest absolute Gasteiger partial charge is 0.439 e. The maximum absolute atomic E-state index is 5.87. The summed E-state index contributed by atoms with van der Waals surface area (Å²) >= 11 is 5.87. The Bertz CT molecular complexity index is 851. The van der Waals surface area contributed by atoms with Crippen LogP contribution in [0.1, 0.15) is 23.7 Å². The van der Waals surface area contributed by atoms with Crippen LogP contribution in [0.4, 0.5) is 5.82 Å². The zero-order chi connectivity index (χ0) is 18.4. The molecule has 1 aromatic carbocycles. The predicted molar refractivity (Wildman–Crippen MR) is 104 cm³/mol. The first-order valence-electron chi connectivity index (χ1n) is 8.58. The molecule has 3 aromatic rings. The molecular weight excluding hydrogens is 348 g/mol. The van der Waals surface area contributed by atoms with Gasteiger partial charge < -0.3 is 10.1 Å². The van der Waals surface area contributed by atoms with Crippen molar-refractivity contribution in [1.82, 2.24) is 15.0 Å². The van der Waals surface area contributed by atoms with Crippen molar-refractivity contribution in [3.05, 3.63) is 70.8 Å². The molecule has 0 spiro atoms. The molecule has 134 valence electrons. The molecule has 0 bridgehead atoms. The normalized spacial score (nSPS) is 10.6. The van der Waals surface area contributed by atoms with Gasteiger partial charge in [-0.1, -0.05) is 24.6 Å². The predicted octanol–water partition coefficient (Wildman–Crippen LogP) is 4.84. The number of rotatable bonds is 7. The number of benzene rings is 1. The fourth-order valence-electron chi connectivity index (χ4n) is 2.59. The lowest BCUT2D eigenvalue weighted by molar-refractivity contribution is 0.462. The minimum atomic E-state index is 0.559. The van der Waals surface area contributed by atoms with E-state index in [1.807, 2.05) is 37.4 Å². The number of halogens is 1. The van der Waals surface area contributed by atoms with E-state index in [9.17, 15) is 0 Å². The van der Waals surface area contributed by atoms with Gasteiger partial charge in [-0.15, -0.1) is 0 Å². The Morgan fingerprint density at radius 1 is 1.04 bits per heavy atom.